The topological polar surface area (TPSA) is 29.1 Å². The zero-order chi connectivity index (χ0) is 13.0. The number of benzene rings is 2. The fourth-order valence-electron chi connectivity index (χ4n) is 1.54. The van der Waals surface area contributed by atoms with Crippen LogP contribution >= 0.6 is 11.6 Å². The van der Waals surface area contributed by atoms with Crippen LogP contribution in [0, 0.1) is 0 Å². The van der Waals surface area contributed by atoms with Gasteiger partial charge in [-0.05, 0) is 0 Å². The number of para-hydroxylation sites is 1. The molecule has 92 valence electrons. The van der Waals surface area contributed by atoms with Crippen LogP contribution in [0.2, 0.25) is 9.99 Å². The summed E-state index contributed by atoms with van der Waals surface area (Å²) in [6, 6.07) is 14.8. The van der Waals surface area contributed by atoms with Crippen LogP contribution in [-0.4, -0.2) is 26.8 Å². The normalized spacial score (nSPS) is 10.1. The first kappa shape index (κ1) is 13.4. The number of carbonyl (C=O) groups excluding carboxylic acids is 1. The van der Waals surface area contributed by atoms with Crippen LogP contribution in [-0.2, 0) is 0 Å². The van der Waals surface area contributed by atoms with E-state index in [1.54, 1.807) is 24.3 Å². The van der Waals surface area contributed by atoms with Gasteiger partial charge in [0, 0.05) is 0 Å². The van der Waals surface area contributed by atoms with Gasteiger partial charge in [-0.2, -0.15) is 0 Å². The van der Waals surface area contributed by atoms with E-state index < -0.39 is 0 Å². The Kier molecular flexibility index (Phi) is 4.65. The summed E-state index contributed by atoms with van der Waals surface area (Å²) < 4.78 is 1.25. The molecule has 0 fully saturated rings. The molecule has 2 aromatic rings. The average molecular weight is 373 g/mol. The number of nitrogens with one attached hydrogen (secondary N) is 1. The quantitative estimate of drug-likeness (QED) is 0.824. The predicted octanol–water partition coefficient (Wildman–Crippen LogP) is 2.97. The van der Waals surface area contributed by atoms with Crippen LogP contribution in [0.1, 0.15) is 10.4 Å². The van der Waals surface area contributed by atoms with E-state index in [1.165, 1.54) is 3.61 Å². The molecule has 0 saturated carbocycles. The Morgan fingerprint density at radius 2 is 1.78 bits per heavy atom. The molecule has 0 saturated heterocycles. The summed E-state index contributed by atoms with van der Waals surface area (Å²) in [5, 5.41) is 3.58. The van der Waals surface area contributed by atoms with Crippen LogP contribution in [0.15, 0.2) is 48.5 Å². The number of anilines is 1. The minimum atomic E-state index is -0.227. The minimum absolute atomic E-state index is 0.0972. The van der Waals surface area contributed by atoms with Crippen LogP contribution in [0.3, 0.4) is 0 Å². The van der Waals surface area contributed by atoms with E-state index in [0.717, 1.165) is 5.69 Å². The van der Waals surface area contributed by atoms with E-state index >= 15 is 0 Å². The van der Waals surface area contributed by atoms with Crippen LogP contribution in [0.5, 0.6) is 0 Å². The van der Waals surface area contributed by atoms with Gasteiger partial charge in [0.2, 0.25) is 0 Å². The fraction of sp³-hybridized carbons (Fsp3) is 0.0714. The molecule has 0 heterocycles. The maximum absolute atomic E-state index is 12.1. The zero-order valence-electron chi connectivity index (χ0n) is 9.81. The van der Waals surface area contributed by atoms with Gasteiger partial charge in [-0.1, -0.05) is 0 Å². The Morgan fingerprint density at radius 1 is 1.11 bits per heavy atom. The number of hydrogen-bond donors (Lipinski definition) is 1. The molecule has 0 atom stereocenters. The Morgan fingerprint density at radius 3 is 2.44 bits per heavy atom. The van der Waals surface area contributed by atoms with Crippen molar-refractivity contribution < 1.29 is 4.79 Å². The monoisotopic (exact) mass is 375 g/mol. The van der Waals surface area contributed by atoms with Crippen molar-refractivity contribution in [1.82, 2.24) is 0 Å². The van der Waals surface area contributed by atoms with Crippen molar-refractivity contribution in [2.24, 2.45) is 0 Å². The summed E-state index contributed by atoms with van der Waals surface area (Å²) in [5.41, 5.74) is 1.54. The molecule has 18 heavy (non-hydrogen) atoms. The Hall–Kier alpha value is -1.01. The predicted molar refractivity (Wildman–Crippen MR) is 77.1 cm³/mol. The number of rotatable bonds is 3. The van der Waals surface area contributed by atoms with Gasteiger partial charge >= 0.3 is 122 Å². The van der Waals surface area contributed by atoms with E-state index in [9.17, 15) is 4.79 Å². The fourth-order valence-corrected chi connectivity index (χ4v) is 3.25. The van der Waals surface area contributed by atoms with Crippen molar-refractivity contribution in [3.05, 3.63) is 59.1 Å². The summed E-state index contributed by atoms with van der Waals surface area (Å²) in [6.45, 7) is 0. The molecular formula is C14H12ClNOTe. The summed E-state index contributed by atoms with van der Waals surface area (Å²) in [4.78, 5) is 14.2. The van der Waals surface area contributed by atoms with Gasteiger partial charge in [-0.3, -0.25) is 0 Å². The summed E-state index contributed by atoms with van der Waals surface area (Å²) >= 11 is 5.57. The van der Waals surface area contributed by atoms with Crippen molar-refractivity contribution in [2.45, 2.75) is 4.97 Å². The molecule has 0 bridgehead atoms. The summed E-state index contributed by atoms with van der Waals surface area (Å²) in [6.07, 6.45) is 0. The van der Waals surface area contributed by atoms with Crippen LogP contribution in [0.25, 0.3) is 0 Å². The number of hydrogen-bond acceptors (Lipinski definition) is 1. The number of halogens is 1. The molecule has 4 heteroatoms. The molecule has 0 spiro atoms. The van der Waals surface area contributed by atoms with E-state index in [2.05, 4.69) is 16.4 Å². The van der Waals surface area contributed by atoms with Gasteiger partial charge in [-0.25, -0.2) is 0 Å². The first-order valence-electron chi connectivity index (χ1n) is 5.40. The zero-order valence-corrected chi connectivity index (χ0v) is 12.9. The van der Waals surface area contributed by atoms with Crippen molar-refractivity contribution >= 4 is 47.7 Å². The third-order valence-corrected chi connectivity index (χ3v) is 4.98. The first-order valence-corrected chi connectivity index (χ1v) is 9.28. The Balaban J connectivity index is 2.18. The van der Waals surface area contributed by atoms with E-state index in [1.807, 2.05) is 18.2 Å². The van der Waals surface area contributed by atoms with Gasteiger partial charge in [0.15, 0.2) is 0 Å². The molecule has 2 rings (SSSR count). The Bertz CT molecular complexity index is 554. The number of amides is 1. The third kappa shape index (κ3) is 3.26. The van der Waals surface area contributed by atoms with Gasteiger partial charge in [-0.15, -0.1) is 0 Å². The summed E-state index contributed by atoms with van der Waals surface area (Å²) in [7, 11) is 0. The van der Waals surface area contributed by atoms with E-state index in [0.29, 0.717) is 10.6 Å². The molecule has 0 aliphatic carbocycles. The first-order chi connectivity index (χ1) is 8.70. The van der Waals surface area contributed by atoms with Crippen molar-refractivity contribution in [2.75, 3.05) is 5.32 Å². The molecular weight excluding hydrogens is 361 g/mol. The van der Waals surface area contributed by atoms with Crippen molar-refractivity contribution in [3.8, 4) is 0 Å². The van der Waals surface area contributed by atoms with Crippen LogP contribution in [0.4, 0.5) is 5.69 Å². The van der Waals surface area contributed by atoms with E-state index in [4.69, 9.17) is 11.6 Å². The van der Waals surface area contributed by atoms with E-state index in [-0.39, 0.29) is 26.8 Å². The number of carbonyl (C=O) groups is 1. The van der Waals surface area contributed by atoms with Crippen LogP contribution < -0.4 is 8.93 Å². The standard InChI is InChI=1S/C14H12ClNOTe/c1-18-13-5-3-2-4-12(13)16-14(17)10-6-8-11(15)9-7-10/h2-9H,1H3,(H,16,17). The molecule has 0 radical (unpaired) electrons. The second-order valence-electron chi connectivity index (χ2n) is 3.66. The maximum atomic E-state index is 12.1. The van der Waals surface area contributed by atoms with Gasteiger partial charge in [0.05, 0.1) is 0 Å². The van der Waals surface area contributed by atoms with Gasteiger partial charge in [0.1, 0.15) is 0 Å². The molecule has 0 aliphatic heterocycles. The Labute approximate surface area is 121 Å². The molecule has 2 aromatic carbocycles. The SMILES string of the molecule is C[Te]c1ccccc1NC(=O)c1ccc(Cl)cc1. The molecule has 1 N–H and O–H groups in total. The molecule has 1 amide bonds. The van der Waals surface area contributed by atoms with Crippen molar-refractivity contribution in [3.63, 3.8) is 0 Å². The molecule has 0 unspecified atom stereocenters. The second kappa shape index (κ2) is 6.24. The molecule has 0 aliphatic rings. The van der Waals surface area contributed by atoms with Gasteiger partial charge in [0.25, 0.3) is 0 Å². The third-order valence-electron chi connectivity index (χ3n) is 2.46. The van der Waals surface area contributed by atoms with Gasteiger partial charge < -0.3 is 0 Å². The second-order valence-corrected chi connectivity index (χ2v) is 6.52. The van der Waals surface area contributed by atoms with Crippen molar-refractivity contribution in [1.29, 1.82) is 0 Å². The average Bonchev–Trinajstić information content (AvgIpc) is 2.40. The molecule has 0 aromatic heterocycles. The molecule has 2 nitrogen and oxygen atoms in total. The summed E-state index contributed by atoms with van der Waals surface area (Å²) in [5.74, 6) is -0.0972.